The van der Waals surface area contributed by atoms with Crippen molar-refractivity contribution in [3.05, 3.63) is 17.1 Å². The van der Waals surface area contributed by atoms with E-state index in [0.29, 0.717) is 11.4 Å². The summed E-state index contributed by atoms with van der Waals surface area (Å²) in [5.74, 6) is -1.50. The SMILES string of the molecule is Cc1nc(N)c(C(=O)[O-])nc1C. The number of carboxylic acid groups (broad SMARTS) is 1. The first-order valence-electron chi connectivity index (χ1n) is 3.34. The lowest BCUT2D eigenvalue weighted by atomic mass is 10.3. The molecule has 2 N–H and O–H groups in total. The molecule has 0 fully saturated rings. The number of hydrogen-bond acceptors (Lipinski definition) is 5. The summed E-state index contributed by atoms with van der Waals surface area (Å²) < 4.78 is 0. The molecule has 64 valence electrons. The number of carboxylic acids is 1. The summed E-state index contributed by atoms with van der Waals surface area (Å²) in [6.07, 6.45) is 0. The highest BCUT2D eigenvalue weighted by atomic mass is 16.4. The maximum absolute atomic E-state index is 10.4. The fourth-order valence-electron chi connectivity index (χ4n) is 0.771. The molecule has 1 aromatic rings. The van der Waals surface area contributed by atoms with Gasteiger partial charge in [-0.1, -0.05) is 0 Å². The molecule has 1 heterocycles. The first kappa shape index (κ1) is 8.45. The number of aromatic nitrogens is 2. The van der Waals surface area contributed by atoms with Gasteiger partial charge in [-0.05, 0) is 13.8 Å². The number of carbonyl (C=O) groups excluding carboxylic acids is 1. The van der Waals surface area contributed by atoms with Gasteiger partial charge in [0.05, 0.1) is 17.4 Å². The van der Waals surface area contributed by atoms with Crippen LogP contribution in [-0.4, -0.2) is 15.9 Å². The lowest BCUT2D eigenvalue weighted by Gasteiger charge is -2.07. The third-order valence-corrected chi connectivity index (χ3v) is 1.53. The summed E-state index contributed by atoms with van der Waals surface area (Å²) in [4.78, 5) is 17.9. The molecular formula is C7H8N3O2-. The Balaban J connectivity index is 3.33. The fourth-order valence-corrected chi connectivity index (χ4v) is 0.771. The third-order valence-electron chi connectivity index (χ3n) is 1.53. The Labute approximate surface area is 69.3 Å². The molecule has 0 unspecified atom stereocenters. The molecule has 5 nitrogen and oxygen atoms in total. The number of aryl methyl sites for hydroxylation is 2. The molecule has 0 saturated carbocycles. The van der Waals surface area contributed by atoms with Crippen LogP contribution in [0.5, 0.6) is 0 Å². The highest BCUT2D eigenvalue weighted by Crippen LogP contribution is 2.07. The summed E-state index contributed by atoms with van der Waals surface area (Å²) in [5.41, 5.74) is 6.17. The van der Waals surface area contributed by atoms with Crippen LogP contribution in [0.3, 0.4) is 0 Å². The highest BCUT2D eigenvalue weighted by Gasteiger charge is 2.05. The Kier molecular flexibility index (Phi) is 1.95. The zero-order valence-electron chi connectivity index (χ0n) is 6.79. The quantitative estimate of drug-likeness (QED) is 0.580. The van der Waals surface area contributed by atoms with Crippen LogP contribution in [0.25, 0.3) is 0 Å². The summed E-state index contributed by atoms with van der Waals surface area (Å²) in [5, 5.41) is 10.4. The van der Waals surface area contributed by atoms with E-state index in [4.69, 9.17) is 5.73 Å². The van der Waals surface area contributed by atoms with Crippen molar-refractivity contribution < 1.29 is 9.90 Å². The molecule has 5 heteroatoms. The molecule has 1 aromatic heterocycles. The van der Waals surface area contributed by atoms with Crippen molar-refractivity contribution in [2.75, 3.05) is 5.73 Å². The van der Waals surface area contributed by atoms with Crippen molar-refractivity contribution in [3.8, 4) is 0 Å². The second kappa shape index (κ2) is 2.77. The average Bonchev–Trinajstić information content (AvgIpc) is 1.96. The van der Waals surface area contributed by atoms with Gasteiger partial charge in [0.1, 0.15) is 5.69 Å². The van der Waals surface area contributed by atoms with Crippen molar-refractivity contribution in [1.82, 2.24) is 9.97 Å². The standard InChI is InChI=1S/C7H9N3O2/c1-3-4(2)10-6(8)5(9-3)7(11)12/h1-2H3,(H2,8,10)(H,11,12)/p-1. The predicted octanol–water partition coefficient (Wildman–Crippen LogP) is -0.961. The molecule has 0 aliphatic carbocycles. The zero-order valence-corrected chi connectivity index (χ0v) is 6.79. The number of nitrogen functional groups attached to an aromatic ring is 1. The van der Waals surface area contributed by atoms with E-state index in [-0.39, 0.29) is 11.5 Å². The first-order valence-corrected chi connectivity index (χ1v) is 3.34. The van der Waals surface area contributed by atoms with Crippen LogP contribution in [0.4, 0.5) is 5.82 Å². The molecule has 0 bridgehead atoms. The van der Waals surface area contributed by atoms with E-state index in [1.807, 2.05) is 0 Å². The molecule has 0 saturated heterocycles. The zero-order chi connectivity index (χ0) is 9.30. The van der Waals surface area contributed by atoms with Gasteiger partial charge in [0.15, 0.2) is 5.82 Å². The van der Waals surface area contributed by atoms with Crippen molar-refractivity contribution in [1.29, 1.82) is 0 Å². The summed E-state index contributed by atoms with van der Waals surface area (Å²) >= 11 is 0. The predicted molar refractivity (Wildman–Crippen MR) is 40.2 cm³/mol. The van der Waals surface area contributed by atoms with Crippen LogP contribution in [0, 0.1) is 13.8 Å². The molecule has 0 radical (unpaired) electrons. The molecule has 0 aliphatic rings. The molecule has 0 atom stereocenters. The maximum Gasteiger partial charge on any atom is 0.151 e. The minimum Gasteiger partial charge on any atom is -0.543 e. The van der Waals surface area contributed by atoms with Crippen molar-refractivity contribution in [3.63, 3.8) is 0 Å². The molecular weight excluding hydrogens is 158 g/mol. The Morgan fingerprint density at radius 1 is 1.33 bits per heavy atom. The van der Waals surface area contributed by atoms with E-state index >= 15 is 0 Å². The molecule has 0 aromatic carbocycles. The third kappa shape index (κ3) is 1.34. The molecule has 12 heavy (non-hydrogen) atoms. The monoisotopic (exact) mass is 166 g/mol. The van der Waals surface area contributed by atoms with Crippen molar-refractivity contribution >= 4 is 11.8 Å². The number of hydrogen-bond donors (Lipinski definition) is 1. The largest absolute Gasteiger partial charge is 0.543 e. The van der Waals surface area contributed by atoms with E-state index in [0.717, 1.165) is 0 Å². The first-order chi connectivity index (χ1) is 5.52. The van der Waals surface area contributed by atoms with Gasteiger partial charge in [-0.25, -0.2) is 9.97 Å². The Morgan fingerprint density at radius 2 is 1.83 bits per heavy atom. The number of carbonyl (C=O) groups is 1. The van der Waals surface area contributed by atoms with Gasteiger partial charge in [-0.3, -0.25) is 0 Å². The Morgan fingerprint density at radius 3 is 2.33 bits per heavy atom. The van der Waals surface area contributed by atoms with E-state index in [2.05, 4.69) is 9.97 Å². The Hall–Kier alpha value is -1.65. The van der Waals surface area contributed by atoms with Gasteiger partial charge in [0.25, 0.3) is 0 Å². The fraction of sp³-hybridized carbons (Fsp3) is 0.286. The van der Waals surface area contributed by atoms with Crippen LogP contribution >= 0.6 is 0 Å². The average molecular weight is 166 g/mol. The lowest BCUT2D eigenvalue weighted by Crippen LogP contribution is -2.26. The molecule has 1 rings (SSSR count). The minimum absolute atomic E-state index is 0.0990. The number of aromatic carboxylic acids is 1. The van der Waals surface area contributed by atoms with E-state index in [9.17, 15) is 9.90 Å². The van der Waals surface area contributed by atoms with Gasteiger partial charge >= 0.3 is 0 Å². The topological polar surface area (TPSA) is 91.9 Å². The van der Waals surface area contributed by atoms with Crippen LogP contribution in [0.1, 0.15) is 21.9 Å². The van der Waals surface area contributed by atoms with Gasteiger partial charge in [0, 0.05) is 0 Å². The lowest BCUT2D eigenvalue weighted by molar-refractivity contribution is -0.255. The summed E-state index contributed by atoms with van der Waals surface area (Å²) in [7, 11) is 0. The van der Waals surface area contributed by atoms with Gasteiger partial charge in [-0.2, -0.15) is 0 Å². The number of rotatable bonds is 1. The smallest absolute Gasteiger partial charge is 0.151 e. The van der Waals surface area contributed by atoms with Crippen LogP contribution in [-0.2, 0) is 0 Å². The normalized spacial score (nSPS) is 9.83. The van der Waals surface area contributed by atoms with E-state index in [1.165, 1.54) is 0 Å². The number of anilines is 1. The maximum atomic E-state index is 10.4. The molecule has 0 amide bonds. The molecule has 0 aliphatic heterocycles. The van der Waals surface area contributed by atoms with Crippen LogP contribution in [0.2, 0.25) is 0 Å². The summed E-state index contributed by atoms with van der Waals surface area (Å²) in [6.45, 7) is 3.37. The Bertz CT molecular complexity index is 336. The highest BCUT2D eigenvalue weighted by molar-refractivity contribution is 5.88. The van der Waals surface area contributed by atoms with Gasteiger partial charge in [0.2, 0.25) is 0 Å². The summed E-state index contributed by atoms with van der Waals surface area (Å²) in [6, 6.07) is 0. The van der Waals surface area contributed by atoms with Gasteiger partial charge < -0.3 is 15.6 Å². The minimum atomic E-state index is -1.40. The second-order valence-electron chi connectivity index (χ2n) is 2.42. The number of nitrogens with two attached hydrogens (primary N) is 1. The van der Waals surface area contributed by atoms with Crippen molar-refractivity contribution in [2.45, 2.75) is 13.8 Å². The number of nitrogens with zero attached hydrogens (tertiary/aromatic N) is 2. The van der Waals surface area contributed by atoms with Crippen LogP contribution in [0.15, 0.2) is 0 Å². The van der Waals surface area contributed by atoms with E-state index in [1.54, 1.807) is 13.8 Å². The van der Waals surface area contributed by atoms with Gasteiger partial charge in [-0.15, -0.1) is 0 Å². The van der Waals surface area contributed by atoms with E-state index < -0.39 is 5.97 Å². The van der Waals surface area contributed by atoms with Crippen molar-refractivity contribution in [2.24, 2.45) is 0 Å². The molecule has 0 spiro atoms. The van der Waals surface area contributed by atoms with Crippen LogP contribution < -0.4 is 10.8 Å². The second-order valence-corrected chi connectivity index (χ2v) is 2.42.